The van der Waals surface area contributed by atoms with E-state index in [1.165, 1.54) is 27.4 Å². The van der Waals surface area contributed by atoms with Crippen LogP contribution in [0.5, 0.6) is 5.75 Å². The highest BCUT2D eigenvalue weighted by atomic mass is 32.1. The maximum Gasteiger partial charge on any atom is 0.220 e. The number of unbranched alkanes of at least 4 members (excludes halogenated alkanes) is 4. The minimum atomic E-state index is -0.409. The maximum absolute atomic E-state index is 15.3. The van der Waals surface area contributed by atoms with Crippen LogP contribution in [0.1, 0.15) is 73.9 Å². The van der Waals surface area contributed by atoms with Gasteiger partial charge < -0.3 is 33.8 Å². The lowest BCUT2D eigenvalue weighted by molar-refractivity contribution is -0.121. The molecule has 0 spiro atoms. The molecule has 0 unspecified atom stereocenters. The van der Waals surface area contributed by atoms with Crippen molar-refractivity contribution < 1.29 is 23.2 Å². The molecule has 1 aliphatic rings. The summed E-state index contributed by atoms with van der Waals surface area (Å²) < 4.78 is 36.7. The van der Waals surface area contributed by atoms with Crippen molar-refractivity contribution in [2.75, 3.05) is 52.5 Å². The number of imidazole rings is 1. The molecule has 9 rings (SSSR count). The first-order chi connectivity index (χ1) is 33.3. The van der Waals surface area contributed by atoms with E-state index in [1.54, 1.807) is 23.5 Å². The highest BCUT2D eigenvalue weighted by Crippen LogP contribution is 2.34. The number of carbonyl (C=O) groups excluding carboxylic acids is 1. The molecule has 0 aliphatic carbocycles. The van der Waals surface area contributed by atoms with Gasteiger partial charge in [-0.2, -0.15) is 0 Å². The van der Waals surface area contributed by atoms with Crippen molar-refractivity contribution in [2.24, 2.45) is 0 Å². The van der Waals surface area contributed by atoms with Crippen LogP contribution in [0.2, 0.25) is 0 Å². The Morgan fingerprint density at radius 2 is 1.65 bits per heavy atom. The van der Waals surface area contributed by atoms with Crippen LogP contribution in [-0.2, 0) is 42.0 Å². The Morgan fingerprint density at radius 1 is 0.824 bits per heavy atom. The molecule has 1 amide bonds. The first kappa shape index (κ1) is 47.1. The molecule has 356 valence electrons. The molecule has 0 atom stereocenters. The van der Waals surface area contributed by atoms with Crippen LogP contribution in [0.3, 0.4) is 0 Å². The molecular weight excluding hydrogens is 876 g/mol. The van der Waals surface area contributed by atoms with Crippen molar-refractivity contribution in [3.05, 3.63) is 118 Å². The molecule has 1 aliphatic heterocycles. The zero-order valence-electron chi connectivity index (χ0n) is 39.6. The zero-order valence-corrected chi connectivity index (χ0v) is 40.4. The van der Waals surface area contributed by atoms with E-state index in [9.17, 15) is 4.79 Å². The molecule has 4 aromatic heterocycles. The van der Waals surface area contributed by atoms with Gasteiger partial charge in [0, 0.05) is 90.4 Å². The number of morpholine rings is 1. The van der Waals surface area contributed by atoms with E-state index in [2.05, 4.69) is 102 Å². The van der Waals surface area contributed by atoms with Crippen LogP contribution >= 0.6 is 11.3 Å². The standard InChI is InChI=1S/C54H63FN8O4S/c1-4-62-48-17-11-40(30-44(48)43-16-14-41(33-50(43)62)47-35-68-36-58-47)34-56-21-9-7-5-6-8-10-53(64)57-22-27-66-51-19-12-39(31-45(51)55)13-20-52-59-46-32-42(54-37(2)60-67-38(54)3)15-18-49(46)63(52)24-23-61-25-28-65-29-26-61/h11-12,14-19,30-33,35-36,56H,4-10,13,20-29,34H2,1-3H3,(H,57,64). The van der Waals surface area contributed by atoms with Crippen LogP contribution in [0.15, 0.2) is 88.2 Å². The zero-order chi connectivity index (χ0) is 46.8. The molecule has 0 radical (unpaired) electrons. The van der Waals surface area contributed by atoms with Gasteiger partial charge >= 0.3 is 0 Å². The van der Waals surface area contributed by atoms with Gasteiger partial charge in [0.15, 0.2) is 11.6 Å². The predicted molar refractivity (Wildman–Crippen MR) is 270 cm³/mol. The number of aryl methyl sites for hydroxylation is 5. The summed E-state index contributed by atoms with van der Waals surface area (Å²) in [5.41, 5.74) is 13.6. The summed E-state index contributed by atoms with van der Waals surface area (Å²) in [5.74, 6) is 1.53. The minimum absolute atomic E-state index is 0.000859. The molecule has 8 aromatic rings. The third kappa shape index (κ3) is 11.2. The second-order valence-electron chi connectivity index (χ2n) is 17.9. The van der Waals surface area contributed by atoms with Gasteiger partial charge in [-0.25, -0.2) is 14.4 Å². The highest BCUT2D eigenvalue weighted by molar-refractivity contribution is 7.07. The van der Waals surface area contributed by atoms with Gasteiger partial charge in [0.1, 0.15) is 18.2 Å². The third-order valence-corrected chi connectivity index (χ3v) is 13.9. The van der Waals surface area contributed by atoms with Crippen molar-refractivity contribution in [3.8, 4) is 28.1 Å². The Balaban J connectivity index is 0.666. The topological polar surface area (TPSA) is 125 Å². The smallest absolute Gasteiger partial charge is 0.220 e. The van der Waals surface area contributed by atoms with E-state index in [1.807, 2.05) is 25.4 Å². The molecule has 1 saturated heterocycles. The molecule has 2 N–H and O–H groups in total. The Hall–Kier alpha value is -5.93. The van der Waals surface area contributed by atoms with E-state index >= 15 is 4.39 Å². The summed E-state index contributed by atoms with van der Waals surface area (Å²) in [5, 5.41) is 15.4. The van der Waals surface area contributed by atoms with Crippen LogP contribution in [0, 0.1) is 19.7 Å². The fourth-order valence-corrected chi connectivity index (χ4v) is 10.2. The number of benzene rings is 4. The third-order valence-electron chi connectivity index (χ3n) is 13.3. The van der Waals surface area contributed by atoms with Gasteiger partial charge in [-0.1, -0.05) is 54.8 Å². The van der Waals surface area contributed by atoms with E-state index in [-0.39, 0.29) is 18.3 Å². The Labute approximate surface area is 401 Å². The molecule has 14 heteroatoms. The number of hydrogen-bond donors (Lipinski definition) is 2. The molecule has 1 fully saturated rings. The van der Waals surface area contributed by atoms with Crippen molar-refractivity contribution in [1.82, 2.24) is 39.8 Å². The van der Waals surface area contributed by atoms with Crippen molar-refractivity contribution in [2.45, 2.75) is 91.8 Å². The number of nitrogens with zero attached hydrogens (tertiary/aromatic N) is 6. The normalized spacial score (nSPS) is 13.4. The number of thiazole rings is 1. The number of rotatable bonds is 23. The van der Waals surface area contributed by atoms with Crippen LogP contribution in [-0.4, -0.2) is 87.6 Å². The molecule has 0 saturated carbocycles. The molecule has 12 nitrogen and oxygen atoms in total. The van der Waals surface area contributed by atoms with Gasteiger partial charge in [-0.05, 0) is 106 Å². The quantitative estimate of drug-likeness (QED) is 0.0603. The fraction of sp³-hybridized carbons (Fsp3) is 0.407. The van der Waals surface area contributed by atoms with Crippen molar-refractivity contribution >= 4 is 50.1 Å². The SMILES string of the molecule is CCn1c2ccc(CNCCCCCCCC(=O)NCCOc3ccc(CCc4nc5cc(-c6c(C)noc6C)ccc5n4CCN4CCOCC4)cc3F)cc2c2ccc(-c3cscn3)cc21. The highest BCUT2D eigenvalue weighted by Gasteiger charge is 2.19. The largest absolute Gasteiger partial charge is 0.489 e. The minimum Gasteiger partial charge on any atom is -0.489 e. The summed E-state index contributed by atoms with van der Waals surface area (Å²) in [6.45, 7) is 14.4. The molecule has 4 aromatic carbocycles. The molecule has 5 heterocycles. The number of aromatic nitrogens is 5. The molecular formula is C54H63FN8O4S. The summed E-state index contributed by atoms with van der Waals surface area (Å²) >= 11 is 1.62. The summed E-state index contributed by atoms with van der Waals surface area (Å²) in [4.78, 5) is 24.6. The fourth-order valence-electron chi connectivity index (χ4n) is 9.66. The number of carbonyl (C=O) groups is 1. The second-order valence-corrected chi connectivity index (χ2v) is 18.6. The average Bonchev–Trinajstić information content (AvgIpc) is 4.16. The number of hydrogen-bond acceptors (Lipinski definition) is 10. The van der Waals surface area contributed by atoms with Gasteiger partial charge in [0.05, 0.1) is 47.7 Å². The lowest BCUT2D eigenvalue weighted by Crippen LogP contribution is -2.38. The van der Waals surface area contributed by atoms with Crippen LogP contribution < -0.4 is 15.4 Å². The molecule has 68 heavy (non-hydrogen) atoms. The van der Waals surface area contributed by atoms with E-state index in [0.29, 0.717) is 25.8 Å². The maximum atomic E-state index is 15.3. The first-order valence-electron chi connectivity index (χ1n) is 24.4. The number of fused-ring (bicyclic) bond motifs is 4. The number of halogens is 1. The average molecular weight is 939 g/mol. The van der Waals surface area contributed by atoms with Gasteiger partial charge in [0.25, 0.3) is 0 Å². The lowest BCUT2D eigenvalue weighted by Gasteiger charge is -2.27. The lowest BCUT2D eigenvalue weighted by atomic mass is 10.0. The van der Waals surface area contributed by atoms with Gasteiger partial charge in [-0.15, -0.1) is 11.3 Å². The second kappa shape index (κ2) is 22.5. The van der Waals surface area contributed by atoms with E-state index in [4.69, 9.17) is 19.0 Å². The first-order valence-corrected chi connectivity index (χ1v) is 25.3. The number of amides is 1. The Kier molecular flexibility index (Phi) is 15.6. The van der Waals surface area contributed by atoms with Gasteiger partial charge in [-0.3, -0.25) is 9.69 Å². The van der Waals surface area contributed by atoms with Crippen molar-refractivity contribution in [1.29, 1.82) is 0 Å². The Bertz CT molecular complexity index is 2930. The summed E-state index contributed by atoms with van der Waals surface area (Å²) in [7, 11) is 0. The predicted octanol–water partition coefficient (Wildman–Crippen LogP) is 10.4. The van der Waals surface area contributed by atoms with E-state index in [0.717, 1.165) is 147 Å². The summed E-state index contributed by atoms with van der Waals surface area (Å²) in [6, 6.07) is 25.0. The summed E-state index contributed by atoms with van der Waals surface area (Å²) in [6.07, 6.45) is 6.95. The monoisotopic (exact) mass is 938 g/mol. The van der Waals surface area contributed by atoms with Gasteiger partial charge in [0.2, 0.25) is 5.91 Å². The van der Waals surface area contributed by atoms with Crippen LogP contribution in [0.4, 0.5) is 4.39 Å². The number of nitrogens with one attached hydrogen (secondary N) is 2. The van der Waals surface area contributed by atoms with Crippen molar-refractivity contribution in [3.63, 3.8) is 0 Å². The molecule has 0 bridgehead atoms. The Morgan fingerprint density at radius 3 is 2.46 bits per heavy atom. The van der Waals surface area contributed by atoms with E-state index < -0.39 is 5.82 Å². The number of ether oxygens (including phenoxy) is 2. The van der Waals surface area contributed by atoms with Crippen LogP contribution in [0.25, 0.3) is 55.2 Å².